The van der Waals surface area contributed by atoms with Crippen molar-refractivity contribution in [2.24, 2.45) is 5.92 Å². The zero-order chi connectivity index (χ0) is 15.1. The van der Waals surface area contributed by atoms with E-state index in [1.54, 1.807) is 7.11 Å². The van der Waals surface area contributed by atoms with Crippen LogP contribution in [0.1, 0.15) is 32.9 Å². The zero-order valence-electron chi connectivity index (χ0n) is 13.1. The maximum absolute atomic E-state index is 12.0. The molecule has 1 atom stereocenters. The normalized spacial score (nSPS) is 12.5. The Morgan fingerprint density at radius 2 is 2.20 bits per heavy atom. The van der Waals surface area contributed by atoms with Crippen molar-refractivity contribution < 1.29 is 9.53 Å². The first kappa shape index (κ1) is 16.5. The Morgan fingerprint density at radius 3 is 2.75 bits per heavy atom. The molecule has 1 aromatic heterocycles. The molecule has 6 heteroatoms. The Labute approximate surface area is 120 Å². The van der Waals surface area contributed by atoms with Gasteiger partial charge in [0.05, 0.1) is 18.3 Å². The predicted molar refractivity (Wildman–Crippen MR) is 79.9 cm³/mol. The minimum Gasteiger partial charge on any atom is -0.383 e. The molecule has 0 aromatic carbocycles. The summed E-state index contributed by atoms with van der Waals surface area (Å²) in [5, 5.41) is 10.1. The second-order valence-corrected chi connectivity index (χ2v) is 5.41. The number of hydrogen-bond acceptors (Lipinski definition) is 3. The van der Waals surface area contributed by atoms with Gasteiger partial charge in [0.15, 0.2) is 0 Å². The van der Waals surface area contributed by atoms with Gasteiger partial charge in [-0.05, 0) is 19.3 Å². The van der Waals surface area contributed by atoms with Crippen LogP contribution in [-0.2, 0) is 11.3 Å². The van der Waals surface area contributed by atoms with Gasteiger partial charge in [-0.2, -0.15) is 5.10 Å². The zero-order valence-corrected chi connectivity index (χ0v) is 13.1. The number of rotatable bonds is 7. The van der Waals surface area contributed by atoms with Crippen molar-refractivity contribution in [2.45, 2.75) is 46.7 Å². The Balaban J connectivity index is 2.65. The van der Waals surface area contributed by atoms with Crippen LogP contribution in [0.15, 0.2) is 6.07 Å². The fourth-order valence-corrected chi connectivity index (χ4v) is 1.93. The van der Waals surface area contributed by atoms with Gasteiger partial charge >= 0.3 is 6.03 Å². The van der Waals surface area contributed by atoms with E-state index in [-0.39, 0.29) is 12.1 Å². The van der Waals surface area contributed by atoms with Gasteiger partial charge in [0, 0.05) is 19.7 Å². The summed E-state index contributed by atoms with van der Waals surface area (Å²) in [6.45, 7) is 9.45. The molecule has 6 nitrogen and oxygen atoms in total. The number of ether oxygens (including phenoxy) is 1. The number of carbonyl (C=O) groups is 1. The number of anilines is 1. The summed E-state index contributed by atoms with van der Waals surface area (Å²) in [7, 11) is 1.63. The first-order valence-corrected chi connectivity index (χ1v) is 7.07. The number of aromatic nitrogens is 2. The van der Waals surface area contributed by atoms with Crippen LogP contribution in [0.4, 0.5) is 10.6 Å². The van der Waals surface area contributed by atoms with Crippen LogP contribution >= 0.6 is 0 Å². The fraction of sp³-hybridized carbons (Fsp3) is 0.714. The number of methoxy groups -OCH3 is 1. The van der Waals surface area contributed by atoms with Gasteiger partial charge in [-0.25, -0.2) is 9.48 Å². The molecule has 0 radical (unpaired) electrons. The third-order valence-electron chi connectivity index (χ3n) is 2.88. The smallest absolute Gasteiger partial charge is 0.320 e. The van der Waals surface area contributed by atoms with Crippen LogP contribution in [0.25, 0.3) is 0 Å². The van der Waals surface area contributed by atoms with Crippen LogP contribution in [-0.4, -0.2) is 35.6 Å². The summed E-state index contributed by atoms with van der Waals surface area (Å²) in [4.78, 5) is 12.0. The molecule has 0 fully saturated rings. The van der Waals surface area contributed by atoms with E-state index in [9.17, 15) is 4.79 Å². The standard InChI is InChI=1S/C14H26N4O2/c1-6-12(9-20-5)15-14(19)16-13-7-11(4)17-18(13)8-10(2)3/h7,10,12H,6,8-9H2,1-5H3,(H2,15,16,19)/t12-/m1/s1. The largest absolute Gasteiger partial charge is 0.383 e. The number of urea groups is 1. The molecule has 0 aliphatic carbocycles. The Morgan fingerprint density at radius 1 is 1.50 bits per heavy atom. The van der Waals surface area contributed by atoms with Crippen LogP contribution in [0.2, 0.25) is 0 Å². The Hall–Kier alpha value is -1.56. The molecule has 20 heavy (non-hydrogen) atoms. The number of amides is 2. The van der Waals surface area contributed by atoms with Crippen molar-refractivity contribution in [1.29, 1.82) is 0 Å². The molecule has 1 aromatic rings. The molecule has 2 amide bonds. The second kappa shape index (κ2) is 7.89. The van der Waals surface area contributed by atoms with Crippen molar-refractivity contribution in [1.82, 2.24) is 15.1 Å². The van der Waals surface area contributed by atoms with Crippen molar-refractivity contribution in [3.63, 3.8) is 0 Å². The average molecular weight is 282 g/mol. The van der Waals surface area contributed by atoms with Gasteiger partial charge in [-0.3, -0.25) is 5.32 Å². The molecule has 0 unspecified atom stereocenters. The number of carbonyl (C=O) groups excluding carboxylic acids is 1. The predicted octanol–water partition coefficient (Wildman–Crippen LogP) is 2.39. The summed E-state index contributed by atoms with van der Waals surface area (Å²) >= 11 is 0. The van der Waals surface area contributed by atoms with Crippen LogP contribution < -0.4 is 10.6 Å². The van der Waals surface area contributed by atoms with Crippen molar-refractivity contribution in [2.75, 3.05) is 19.0 Å². The van der Waals surface area contributed by atoms with Crippen LogP contribution in [0.5, 0.6) is 0 Å². The van der Waals surface area contributed by atoms with Gasteiger partial charge < -0.3 is 10.1 Å². The SMILES string of the molecule is CC[C@H](COC)NC(=O)Nc1cc(C)nn1CC(C)C. The number of hydrogen-bond donors (Lipinski definition) is 2. The van der Waals surface area contributed by atoms with Crippen molar-refractivity contribution in [3.8, 4) is 0 Å². The third-order valence-corrected chi connectivity index (χ3v) is 2.88. The number of aryl methyl sites for hydroxylation is 1. The van der Waals surface area contributed by atoms with E-state index in [1.807, 2.05) is 24.6 Å². The lowest BCUT2D eigenvalue weighted by atomic mass is 10.2. The van der Waals surface area contributed by atoms with E-state index in [0.29, 0.717) is 12.5 Å². The molecular formula is C14H26N4O2. The van der Waals surface area contributed by atoms with E-state index in [4.69, 9.17) is 4.74 Å². The van der Waals surface area contributed by atoms with Crippen LogP contribution in [0.3, 0.4) is 0 Å². The van der Waals surface area contributed by atoms with Gasteiger partial charge in [0.1, 0.15) is 5.82 Å². The van der Waals surface area contributed by atoms with Crippen molar-refractivity contribution in [3.05, 3.63) is 11.8 Å². The van der Waals surface area contributed by atoms with E-state index in [0.717, 1.165) is 24.5 Å². The molecule has 0 saturated heterocycles. The summed E-state index contributed by atoms with van der Waals surface area (Å²) in [5.41, 5.74) is 0.893. The molecule has 0 bridgehead atoms. The summed E-state index contributed by atoms with van der Waals surface area (Å²) < 4.78 is 6.90. The van der Waals surface area contributed by atoms with E-state index in [1.165, 1.54) is 0 Å². The molecule has 2 N–H and O–H groups in total. The minimum atomic E-state index is -0.223. The van der Waals surface area contributed by atoms with Gasteiger partial charge in [-0.1, -0.05) is 20.8 Å². The first-order valence-electron chi connectivity index (χ1n) is 7.07. The summed E-state index contributed by atoms with van der Waals surface area (Å²) in [6.07, 6.45) is 0.825. The first-order chi connectivity index (χ1) is 9.46. The molecule has 0 spiro atoms. The highest BCUT2D eigenvalue weighted by Crippen LogP contribution is 2.12. The average Bonchev–Trinajstić information content (AvgIpc) is 2.67. The third kappa shape index (κ3) is 5.21. The summed E-state index contributed by atoms with van der Waals surface area (Å²) in [6, 6.07) is 1.67. The summed E-state index contributed by atoms with van der Waals surface area (Å²) in [5.74, 6) is 1.19. The monoisotopic (exact) mass is 282 g/mol. The lowest BCUT2D eigenvalue weighted by Crippen LogP contribution is -2.40. The topological polar surface area (TPSA) is 68.2 Å². The van der Waals surface area contributed by atoms with Gasteiger partial charge in [0.25, 0.3) is 0 Å². The number of nitrogens with zero attached hydrogens (tertiary/aromatic N) is 2. The second-order valence-electron chi connectivity index (χ2n) is 5.41. The molecule has 114 valence electrons. The molecular weight excluding hydrogens is 256 g/mol. The van der Waals surface area contributed by atoms with Crippen LogP contribution in [0, 0.1) is 12.8 Å². The van der Waals surface area contributed by atoms with E-state index < -0.39 is 0 Å². The highest BCUT2D eigenvalue weighted by atomic mass is 16.5. The highest BCUT2D eigenvalue weighted by molar-refractivity contribution is 5.88. The molecule has 0 aliphatic rings. The lowest BCUT2D eigenvalue weighted by Gasteiger charge is -2.17. The van der Waals surface area contributed by atoms with E-state index >= 15 is 0 Å². The fourth-order valence-electron chi connectivity index (χ4n) is 1.93. The Kier molecular flexibility index (Phi) is 6.51. The number of nitrogens with one attached hydrogen (secondary N) is 2. The molecule has 0 aliphatic heterocycles. The lowest BCUT2D eigenvalue weighted by molar-refractivity contribution is 0.165. The quantitative estimate of drug-likeness (QED) is 0.807. The van der Waals surface area contributed by atoms with Crippen molar-refractivity contribution >= 4 is 11.8 Å². The van der Waals surface area contributed by atoms with Gasteiger partial charge in [0.2, 0.25) is 0 Å². The maximum atomic E-state index is 12.0. The molecule has 0 saturated carbocycles. The highest BCUT2D eigenvalue weighted by Gasteiger charge is 2.13. The minimum absolute atomic E-state index is 0.0163. The molecule has 1 rings (SSSR count). The van der Waals surface area contributed by atoms with Gasteiger partial charge in [-0.15, -0.1) is 0 Å². The maximum Gasteiger partial charge on any atom is 0.320 e. The van der Waals surface area contributed by atoms with E-state index in [2.05, 4.69) is 29.6 Å². The Bertz CT molecular complexity index is 429. The molecule has 1 heterocycles.